The number of rotatable bonds is 3. The van der Waals surface area contributed by atoms with E-state index >= 15 is 0 Å². The number of benzene rings is 3. The number of nitrogens with zero attached hydrogens (tertiary/aromatic N) is 1. The van der Waals surface area contributed by atoms with Gasteiger partial charge in [-0.05, 0) is 71.3 Å². The fraction of sp³-hybridized carbons (Fsp3) is 0.281. The number of furan rings is 2. The summed E-state index contributed by atoms with van der Waals surface area (Å²) in [5, 5.41) is 5.86. The minimum Gasteiger partial charge on any atom is -0.461 e. The Morgan fingerprint density at radius 3 is 2.29 bits per heavy atom. The van der Waals surface area contributed by atoms with E-state index in [-0.39, 0.29) is 5.41 Å². The Balaban J connectivity index is 1.75. The van der Waals surface area contributed by atoms with Crippen molar-refractivity contribution in [1.29, 1.82) is 0 Å². The SMILES string of the molecule is Cc1oc2ccc3oc4ccnc(-c5cc(C(C)(C)C)c6ccccc6c5)c4c3c2c1CC(C)C. The molecule has 0 atom stereocenters. The molecule has 6 rings (SSSR count). The summed E-state index contributed by atoms with van der Waals surface area (Å²) < 4.78 is 12.6. The molecule has 0 spiro atoms. The third-order valence-corrected chi connectivity index (χ3v) is 7.06. The van der Waals surface area contributed by atoms with Crippen molar-refractivity contribution in [3.05, 3.63) is 77.7 Å². The van der Waals surface area contributed by atoms with Crippen LogP contribution in [0.2, 0.25) is 0 Å². The fourth-order valence-corrected chi connectivity index (χ4v) is 5.51. The Morgan fingerprint density at radius 1 is 0.829 bits per heavy atom. The first kappa shape index (κ1) is 21.9. The van der Waals surface area contributed by atoms with E-state index in [4.69, 9.17) is 13.8 Å². The molecule has 3 nitrogen and oxygen atoms in total. The lowest BCUT2D eigenvalue weighted by molar-refractivity contribution is 0.560. The van der Waals surface area contributed by atoms with Crippen molar-refractivity contribution >= 4 is 43.7 Å². The summed E-state index contributed by atoms with van der Waals surface area (Å²) in [6.07, 6.45) is 2.82. The number of pyridine rings is 1. The van der Waals surface area contributed by atoms with Crippen LogP contribution in [0.25, 0.3) is 54.9 Å². The summed E-state index contributed by atoms with van der Waals surface area (Å²) in [6, 6.07) is 19.3. The number of aromatic nitrogens is 1. The van der Waals surface area contributed by atoms with Crippen molar-refractivity contribution in [3.8, 4) is 11.3 Å². The number of hydrogen-bond acceptors (Lipinski definition) is 3. The zero-order valence-electron chi connectivity index (χ0n) is 21.3. The highest BCUT2D eigenvalue weighted by molar-refractivity contribution is 6.22. The average molecular weight is 462 g/mol. The molecule has 3 aromatic heterocycles. The predicted octanol–water partition coefficient (Wildman–Crippen LogP) is 9.35. The van der Waals surface area contributed by atoms with Crippen LogP contribution in [-0.2, 0) is 11.8 Å². The molecule has 3 heterocycles. The summed E-state index contributed by atoms with van der Waals surface area (Å²) in [6.45, 7) is 13.4. The molecular weight excluding hydrogens is 430 g/mol. The summed E-state index contributed by atoms with van der Waals surface area (Å²) in [7, 11) is 0. The second kappa shape index (κ2) is 7.71. The van der Waals surface area contributed by atoms with Crippen molar-refractivity contribution in [2.75, 3.05) is 0 Å². The van der Waals surface area contributed by atoms with E-state index in [0.29, 0.717) is 5.92 Å². The standard InChI is InChI=1S/C32H31NO2/c1-18(2)15-23-19(3)34-25-11-12-26-29(28(23)25)30-27(35-26)13-14-33-31(30)21-16-20-9-7-8-10-22(20)24(17-21)32(4,5)6/h7-14,16-18H,15H2,1-6H3. The zero-order chi connectivity index (χ0) is 24.5. The van der Waals surface area contributed by atoms with Crippen LogP contribution >= 0.6 is 0 Å². The molecule has 0 aliphatic heterocycles. The molecule has 3 heteroatoms. The van der Waals surface area contributed by atoms with Crippen molar-refractivity contribution in [3.63, 3.8) is 0 Å². The van der Waals surface area contributed by atoms with Gasteiger partial charge in [-0.1, -0.05) is 58.9 Å². The summed E-state index contributed by atoms with van der Waals surface area (Å²) in [4.78, 5) is 4.94. The van der Waals surface area contributed by atoms with Gasteiger partial charge in [0.1, 0.15) is 22.5 Å². The average Bonchev–Trinajstić information content (AvgIpc) is 3.34. The van der Waals surface area contributed by atoms with Gasteiger partial charge in [0, 0.05) is 28.1 Å². The van der Waals surface area contributed by atoms with Crippen LogP contribution in [0.3, 0.4) is 0 Å². The molecule has 0 saturated heterocycles. The first-order valence-electron chi connectivity index (χ1n) is 12.5. The number of aryl methyl sites for hydroxylation is 1. The van der Waals surface area contributed by atoms with Gasteiger partial charge >= 0.3 is 0 Å². The maximum absolute atomic E-state index is 6.40. The molecule has 0 unspecified atom stereocenters. The van der Waals surface area contributed by atoms with Crippen LogP contribution in [0.5, 0.6) is 0 Å². The first-order chi connectivity index (χ1) is 16.7. The minimum atomic E-state index is 0.00133. The normalized spacial score (nSPS) is 12.7. The van der Waals surface area contributed by atoms with Gasteiger partial charge in [0.15, 0.2) is 0 Å². The highest BCUT2D eigenvalue weighted by Gasteiger charge is 2.23. The van der Waals surface area contributed by atoms with Crippen LogP contribution in [0.15, 0.2) is 69.6 Å². The molecule has 0 radical (unpaired) electrons. The summed E-state index contributed by atoms with van der Waals surface area (Å²) >= 11 is 0. The van der Waals surface area contributed by atoms with Gasteiger partial charge in [0.2, 0.25) is 0 Å². The smallest absolute Gasteiger partial charge is 0.139 e. The minimum absolute atomic E-state index is 0.00133. The number of fused-ring (bicyclic) bond motifs is 6. The van der Waals surface area contributed by atoms with E-state index in [1.165, 1.54) is 27.3 Å². The molecule has 3 aromatic carbocycles. The highest BCUT2D eigenvalue weighted by Crippen LogP contribution is 2.43. The molecule has 0 aliphatic carbocycles. The molecule has 0 N–H and O–H groups in total. The lowest BCUT2D eigenvalue weighted by Gasteiger charge is -2.22. The van der Waals surface area contributed by atoms with Gasteiger partial charge in [0.25, 0.3) is 0 Å². The van der Waals surface area contributed by atoms with Gasteiger partial charge in [-0.3, -0.25) is 4.98 Å². The quantitative estimate of drug-likeness (QED) is 0.263. The Hall–Kier alpha value is -3.59. The maximum atomic E-state index is 6.40. The van der Waals surface area contributed by atoms with Crippen LogP contribution in [0, 0.1) is 12.8 Å². The Morgan fingerprint density at radius 2 is 1.54 bits per heavy atom. The third kappa shape index (κ3) is 3.44. The molecule has 0 fully saturated rings. The van der Waals surface area contributed by atoms with E-state index in [1.807, 2.05) is 24.4 Å². The van der Waals surface area contributed by atoms with E-state index in [0.717, 1.165) is 51.0 Å². The molecule has 0 saturated carbocycles. The predicted molar refractivity (Wildman–Crippen MR) is 146 cm³/mol. The van der Waals surface area contributed by atoms with Gasteiger partial charge in [-0.25, -0.2) is 0 Å². The molecule has 0 bridgehead atoms. The van der Waals surface area contributed by atoms with Crippen molar-refractivity contribution in [2.24, 2.45) is 5.92 Å². The van der Waals surface area contributed by atoms with Crippen molar-refractivity contribution < 1.29 is 8.83 Å². The highest BCUT2D eigenvalue weighted by atomic mass is 16.3. The van der Waals surface area contributed by atoms with Crippen LogP contribution < -0.4 is 0 Å². The van der Waals surface area contributed by atoms with Crippen LogP contribution in [0.1, 0.15) is 51.5 Å². The molecule has 0 amide bonds. The maximum Gasteiger partial charge on any atom is 0.139 e. The second-order valence-electron chi connectivity index (χ2n) is 11.2. The first-order valence-corrected chi connectivity index (χ1v) is 12.5. The lowest BCUT2D eigenvalue weighted by Crippen LogP contribution is -2.12. The van der Waals surface area contributed by atoms with Gasteiger partial charge in [-0.2, -0.15) is 0 Å². The Kier molecular flexibility index (Phi) is 4.83. The lowest BCUT2D eigenvalue weighted by atomic mass is 9.82. The summed E-state index contributed by atoms with van der Waals surface area (Å²) in [5.74, 6) is 1.51. The largest absolute Gasteiger partial charge is 0.461 e. The fourth-order valence-electron chi connectivity index (χ4n) is 5.51. The topological polar surface area (TPSA) is 39.2 Å². The Labute approximate surface area is 205 Å². The van der Waals surface area contributed by atoms with Crippen molar-refractivity contribution in [2.45, 2.75) is 53.4 Å². The zero-order valence-corrected chi connectivity index (χ0v) is 21.3. The third-order valence-electron chi connectivity index (χ3n) is 7.06. The van der Waals surface area contributed by atoms with Gasteiger partial charge in [-0.15, -0.1) is 0 Å². The molecule has 0 aliphatic rings. The van der Waals surface area contributed by atoms with Gasteiger partial charge in [0.05, 0.1) is 11.1 Å². The van der Waals surface area contributed by atoms with E-state index in [1.54, 1.807) is 0 Å². The van der Waals surface area contributed by atoms with Crippen LogP contribution in [0.4, 0.5) is 0 Å². The molecular formula is C32H31NO2. The van der Waals surface area contributed by atoms with E-state index in [2.05, 4.69) is 77.9 Å². The molecule has 6 aromatic rings. The monoisotopic (exact) mass is 461 g/mol. The Bertz CT molecular complexity index is 1740. The summed E-state index contributed by atoms with van der Waals surface area (Å²) in [5.41, 5.74) is 7.32. The molecule has 35 heavy (non-hydrogen) atoms. The van der Waals surface area contributed by atoms with E-state index in [9.17, 15) is 0 Å². The molecule has 176 valence electrons. The van der Waals surface area contributed by atoms with Crippen LogP contribution in [-0.4, -0.2) is 4.98 Å². The van der Waals surface area contributed by atoms with Gasteiger partial charge < -0.3 is 8.83 Å². The van der Waals surface area contributed by atoms with E-state index < -0.39 is 0 Å². The van der Waals surface area contributed by atoms with Crippen molar-refractivity contribution in [1.82, 2.24) is 4.98 Å². The second-order valence-corrected chi connectivity index (χ2v) is 11.2. The number of hydrogen-bond donors (Lipinski definition) is 0.